The van der Waals surface area contributed by atoms with Gasteiger partial charge in [0.2, 0.25) is 0 Å². The van der Waals surface area contributed by atoms with Gasteiger partial charge in [-0.3, -0.25) is 4.79 Å². The van der Waals surface area contributed by atoms with Gasteiger partial charge >= 0.3 is 12.1 Å². The molecule has 6 nitrogen and oxygen atoms in total. The molecule has 1 fully saturated rings. The smallest absolute Gasteiger partial charge is 0.490 e. The normalized spacial score (nSPS) is 14.4. The average molecular weight is 459 g/mol. The van der Waals surface area contributed by atoms with Gasteiger partial charge in [-0.25, -0.2) is 4.79 Å². The number of nitrogens with two attached hydrogens (primary N) is 1. The van der Waals surface area contributed by atoms with E-state index in [1.165, 1.54) is 43.4 Å². The molecule has 0 spiro atoms. The van der Waals surface area contributed by atoms with Crippen LogP contribution < -0.4 is 15.8 Å². The number of benzene rings is 1. The average Bonchev–Trinajstić information content (AvgIpc) is 3.23. The number of nitrogens with one attached hydrogen (secondary N) is 1. The molecule has 170 valence electrons. The number of carbonyl (C=O) groups is 2. The molecule has 0 bridgehead atoms. The van der Waals surface area contributed by atoms with Gasteiger partial charge in [-0.15, -0.1) is 11.3 Å². The lowest BCUT2D eigenvalue weighted by Crippen LogP contribution is -2.34. The van der Waals surface area contributed by atoms with Crippen molar-refractivity contribution < 1.29 is 32.6 Å². The van der Waals surface area contributed by atoms with Crippen LogP contribution in [0.4, 0.5) is 13.2 Å². The third-order valence-corrected chi connectivity index (χ3v) is 5.79. The Morgan fingerprint density at radius 1 is 1.10 bits per heavy atom. The zero-order valence-corrected chi connectivity index (χ0v) is 17.6. The third kappa shape index (κ3) is 8.58. The largest absolute Gasteiger partial charge is 0.492 e. The molecule has 0 atom stereocenters. The van der Waals surface area contributed by atoms with Gasteiger partial charge in [-0.05, 0) is 54.8 Å². The summed E-state index contributed by atoms with van der Waals surface area (Å²) in [5.74, 6) is -2.26. The zero-order valence-electron chi connectivity index (χ0n) is 16.8. The van der Waals surface area contributed by atoms with Crippen molar-refractivity contribution in [2.75, 3.05) is 13.2 Å². The summed E-state index contributed by atoms with van der Waals surface area (Å²) < 4.78 is 37.5. The second kappa shape index (κ2) is 11.7. The number of halogens is 3. The van der Waals surface area contributed by atoms with E-state index in [2.05, 4.69) is 5.32 Å². The zero-order chi connectivity index (χ0) is 22.9. The van der Waals surface area contributed by atoms with Crippen molar-refractivity contribution in [1.29, 1.82) is 0 Å². The summed E-state index contributed by atoms with van der Waals surface area (Å²) in [7, 11) is 0. The molecule has 0 unspecified atom stereocenters. The molecule has 2 aromatic rings. The number of carboxylic acid groups (broad SMARTS) is 1. The molecule has 1 aromatic carbocycles. The minimum Gasteiger partial charge on any atom is -0.492 e. The molecule has 1 aromatic heterocycles. The number of thiophene rings is 1. The van der Waals surface area contributed by atoms with Gasteiger partial charge in [-0.1, -0.05) is 19.3 Å². The highest BCUT2D eigenvalue weighted by molar-refractivity contribution is 7.17. The first-order chi connectivity index (χ1) is 14.7. The van der Waals surface area contributed by atoms with Gasteiger partial charge in [0.25, 0.3) is 5.91 Å². The predicted molar refractivity (Wildman–Crippen MR) is 112 cm³/mol. The van der Waals surface area contributed by atoms with Crippen molar-refractivity contribution in [1.82, 2.24) is 5.32 Å². The molecule has 4 N–H and O–H groups in total. The van der Waals surface area contributed by atoms with Crippen molar-refractivity contribution in [3.63, 3.8) is 0 Å². The lowest BCUT2D eigenvalue weighted by atomic mass is 9.96. The van der Waals surface area contributed by atoms with Crippen molar-refractivity contribution in [2.24, 2.45) is 5.73 Å². The van der Waals surface area contributed by atoms with E-state index in [-0.39, 0.29) is 5.91 Å². The van der Waals surface area contributed by atoms with Crippen LogP contribution in [0.2, 0.25) is 0 Å². The number of hydrogen-bond acceptors (Lipinski definition) is 5. The Bertz CT molecular complexity index is 847. The first-order valence-corrected chi connectivity index (χ1v) is 10.6. The van der Waals surface area contributed by atoms with Crippen LogP contribution in [0.3, 0.4) is 0 Å². The van der Waals surface area contributed by atoms with Gasteiger partial charge < -0.3 is 20.9 Å². The second-order valence-electron chi connectivity index (χ2n) is 6.99. The number of alkyl halides is 3. The fourth-order valence-corrected chi connectivity index (χ4v) is 3.94. The van der Waals surface area contributed by atoms with Crippen LogP contribution in [-0.4, -0.2) is 42.4 Å². The fourth-order valence-electron chi connectivity index (χ4n) is 3.08. The van der Waals surface area contributed by atoms with Gasteiger partial charge in [0.1, 0.15) is 12.4 Å². The Labute approximate surface area is 182 Å². The molecule has 1 saturated carbocycles. The Balaban J connectivity index is 0.000000423. The van der Waals surface area contributed by atoms with Gasteiger partial charge in [0, 0.05) is 17.5 Å². The summed E-state index contributed by atoms with van der Waals surface area (Å²) in [6.07, 6.45) is 1.58. The SMILES string of the molecule is NC(=O)c1ccc(-c2ccc(OCCNC3CCCCC3)cc2)s1.O=C(O)C(F)(F)F. The van der Waals surface area contributed by atoms with E-state index < -0.39 is 12.1 Å². The summed E-state index contributed by atoms with van der Waals surface area (Å²) in [4.78, 5) is 21.7. The number of hydrogen-bond donors (Lipinski definition) is 3. The summed E-state index contributed by atoms with van der Waals surface area (Å²) >= 11 is 1.41. The Kier molecular flexibility index (Phi) is 9.32. The molecule has 0 saturated heterocycles. The van der Waals surface area contributed by atoms with Crippen molar-refractivity contribution >= 4 is 23.2 Å². The third-order valence-electron chi connectivity index (χ3n) is 4.64. The van der Waals surface area contributed by atoms with Crippen LogP contribution in [0, 0.1) is 0 Å². The molecule has 1 heterocycles. The highest BCUT2D eigenvalue weighted by atomic mass is 32.1. The number of aliphatic carboxylic acids is 1. The highest BCUT2D eigenvalue weighted by Crippen LogP contribution is 2.29. The lowest BCUT2D eigenvalue weighted by molar-refractivity contribution is -0.192. The Morgan fingerprint density at radius 2 is 1.71 bits per heavy atom. The van der Waals surface area contributed by atoms with E-state index >= 15 is 0 Å². The van der Waals surface area contributed by atoms with E-state index in [1.54, 1.807) is 6.07 Å². The Morgan fingerprint density at radius 3 is 2.23 bits per heavy atom. The van der Waals surface area contributed by atoms with Crippen LogP contribution in [0.1, 0.15) is 41.8 Å². The number of amides is 1. The summed E-state index contributed by atoms with van der Waals surface area (Å²) in [6.45, 7) is 1.57. The van der Waals surface area contributed by atoms with Crippen molar-refractivity contribution in [2.45, 2.75) is 44.3 Å². The molecular formula is C21H25F3N2O4S. The number of rotatable bonds is 7. The predicted octanol–water partition coefficient (Wildman–Crippen LogP) is 4.45. The lowest BCUT2D eigenvalue weighted by Gasteiger charge is -2.22. The van der Waals surface area contributed by atoms with Crippen LogP contribution in [0.5, 0.6) is 5.75 Å². The van der Waals surface area contributed by atoms with Crippen molar-refractivity contribution in [3.05, 3.63) is 41.3 Å². The van der Waals surface area contributed by atoms with E-state index in [0.29, 0.717) is 17.5 Å². The highest BCUT2D eigenvalue weighted by Gasteiger charge is 2.38. The van der Waals surface area contributed by atoms with E-state index in [9.17, 15) is 18.0 Å². The van der Waals surface area contributed by atoms with Crippen LogP contribution in [0.25, 0.3) is 10.4 Å². The quantitative estimate of drug-likeness (QED) is 0.532. The van der Waals surface area contributed by atoms with Crippen LogP contribution in [-0.2, 0) is 4.79 Å². The number of carbonyl (C=O) groups excluding carboxylic acids is 1. The summed E-state index contributed by atoms with van der Waals surface area (Å²) in [6, 6.07) is 12.3. The number of carboxylic acids is 1. The molecule has 0 aliphatic heterocycles. The maximum absolute atomic E-state index is 11.2. The van der Waals surface area contributed by atoms with E-state index in [4.69, 9.17) is 20.4 Å². The molecule has 0 radical (unpaired) electrons. The molecule has 3 rings (SSSR count). The molecule has 1 aliphatic carbocycles. The monoisotopic (exact) mass is 458 g/mol. The van der Waals surface area contributed by atoms with Gasteiger partial charge in [0.05, 0.1) is 4.88 Å². The fraction of sp³-hybridized carbons (Fsp3) is 0.429. The van der Waals surface area contributed by atoms with Crippen molar-refractivity contribution in [3.8, 4) is 16.2 Å². The molecule has 1 aliphatic rings. The summed E-state index contributed by atoms with van der Waals surface area (Å²) in [5.41, 5.74) is 6.37. The molecular weight excluding hydrogens is 433 g/mol. The second-order valence-corrected chi connectivity index (χ2v) is 8.08. The minimum atomic E-state index is -5.08. The molecule has 10 heteroatoms. The van der Waals surface area contributed by atoms with E-state index in [0.717, 1.165) is 22.7 Å². The minimum absolute atomic E-state index is 0.378. The van der Waals surface area contributed by atoms with Crippen LogP contribution >= 0.6 is 11.3 Å². The van der Waals surface area contributed by atoms with Crippen LogP contribution in [0.15, 0.2) is 36.4 Å². The maximum atomic E-state index is 11.2. The van der Waals surface area contributed by atoms with E-state index in [1.807, 2.05) is 30.3 Å². The first kappa shape index (κ1) is 24.7. The Hall–Kier alpha value is -2.59. The topological polar surface area (TPSA) is 102 Å². The summed E-state index contributed by atoms with van der Waals surface area (Å²) in [5, 5.41) is 10.7. The first-order valence-electron chi connectivity index (χ1n) is 9.83. The molecule has 31 heavy (non-hydrogen) atoms. The maximum Gasteiger partial charge on any atom is 0.490 e. The van der Waals surface area contributed by atoms with Gasteiger partial charge in [0.15, 0.2) is 0 Å². The molecule has 1 amide bonds. The number of ether oxygens (including phenoxy) is 1. The standard InChI is InChI=1S/C19H24N2O2S.C2HF3O2/c20-19(22)18-11-10-17(24-18)14-6-8-16(9-7-14)23-13-12-21-15-4-2-1-3-5-15;3-2(4,5)1(6)7/h6-11,15,21H,1-5,12-13H2,(H2,20,22);(H,6,7). The number of primary amides is 1. The van der Waals surface area contributed by atoms with Gasteiger partial charge in [-0.2, -0.15) is 13.2 Å².